The first-order valence-corrected chi connectivity index (χ1v) is 20.5. The Morgan fingerprint density at radius 1 is 0.350 bits per heavy atom. The van der Waals surface area contributed by atoms with Crippen LogP contribution in [0.15, 0.2) is 206 Å². The summed E-state index contributed by atoms with van der Waals surface area (Å²) < 4.78 is 2.32. The summed E-state index contributed by atoms with van der Waals surface area (Å²) in [5.74, 6) is 1.84. The predicted octanol–water partition coefficient (Wildman–Crippen LogP) is 13.5. The van der Waals surface area contributed by atoms with Crippen LogP contribution in [-0.2, 0) is 5.41 Å². The van der Waals surface area contributed by atoms with Gasteiger partial charge < -0.3 is 0 Å². The van der Waals surface area contributed by atoms with Crippen LogP contribution in [0.5, 0.6) is 0 Å². The molecule has 4 nitrogen and oxygen atoms in total. The summed E-state index contributed by atoms with van der Waals surface area (Å²) in [6.07, 6.45) is 0. The molecule has 0 N–H and O–H groups in total. The first kappa shape index (κ1) is 33.1. The van der Waals surface area contributed by atoms with E-state index in [1.165, 1.54) is 60.8 Å². The standard InChI is InChI=1S/C56H34N4/c1-3-16-36(17-4-1)53-57-54(37-18-5-2-6-19-37)59-55(58-53)60-50-32-29-40(39-28-27-35-15-7-8-20-38(35)33-39)34-45(50)43-30-31-49-51(52(43)60)44-23-11-14-26-48(44)56(49)46-24-12-9-21-41(46)42-22-10-13-25-47(42)56/h1-34H. The molecule has 278 valence electrons. The first-order valence-electron chi connectivity index (χ1n) is 20.5. The maximum absolute atomic E-state index is 5.37. The third-order valence-electron chi connectivity index (χ3n) is 12.9. The molecule has 0 unspecified atom stereocenters. The number of hydrogen-bond donors (Lipinski definition) is 0. The van der Waals surface area contributed by atoms with Crippen LogP contribution in [-0.4, -0.2) is 19.5 Å². The first-order chi connectivity index (χ1) is 29.8. The number of rotatable bonds is 4. The third kappa shape index (κ3) is 4.53. The highest BCUT2D eigenvalue weighted by molar-refractivity contribution is 6.17. The van der Waals surface area contributed by atoms with Crippen LogP contribution in [0, 0.1) is 0 Å². The summed E-state index contributed by atoms with van der Waals surface area (Å²) in [6, 6.07) is 74.4. The molecule has 0 amide bonds. The van der Waals surface area contributed by atoms with Crippen molar-refractivity contribution in [1.29, 1.82) is 0 Å². The zero-order valence-electron chi connectivity index (χ0n) is 32.4. The van der Waals surface area contributed by atoms with E-state index in [4.69, 9.17) is 15.0 Å². The van der Waals surface area contributed by atoms with Crippen molar-refractivity contribution in [2.24, 2.45) is 0 Å². The van der Waals surface area contributed by atoms with Gasteiger partial charge in [-0.25, -0.2) is 4.98 Å². The fourth-order valence-corrected chi connectivity index (χ4v) is 10.3. The van der Waals surface area contributed by atoms with E-state index in [9.17, 15) is 0 Å². The minimum absolute atomic E-state index is 0.492. The number of benzene rings is 9. The lowest BCUT2D eigenvalue weighted by Crippen LogP contribution is -2.25. The molecule has 11 aromatic rings. The molecule has 2 heterocycles. The van der Waals surface area contributed by atoms with Crippen molar-refractivity contribution in [3.05, 3.63) is 229 Å². The molecule has 13 rings (SSSR count). The zero-order chi connectivity index (χ0) is 39.4. The maximum Gasteiger partial charge on any atom is 0.238 e. The average Bonchev–Trinajstić information content (AvgIpc) is 3.93. The summed E-state index contributed by atoms with van der Waals surface area (Å²) in [5, 5.41) is 4.75. The Morgan fingerprint density at radius 2 is 0.883 bits per heavy atom. The second-order valence-corrected chi connectivity index (χ2v) is 15.9. The highest BCUT2D eigenvalue weighted by atomic mass is 15.2. The molecule has 0 aliphatic heterocycles. The molecule has 0 atom stereocenters. The number of aromatic nitrogens is 4. The largest absolute Gasteiger partial charge is 0.277 e. The normalized spacial score (nSPS) is 13.1. The van der Waals surface area contributed by atoms with Crippen molar-refractivity contribution in [2.75, 3.05) is 0 Å². The van der Waals surface area contributed by atoms with Gasteiger partial charge in [0, 0.05) is 27.5 Å². The van der Waals surface area contributed by atoms with Gasteiger partial charge >= 0.3 is 0 Å². The Balaban J connectivity index is 1.17. The number of hydrogen-bond acceptors (Lipinski definition) is 3. The van der Waals surface area contributed by atoms with Gasteiger partial charge in [-0.05, 0) is 79.0 Å². The molecule has 0 radical (unpaired) electrons. The van der Waals surface area contributed by atoms with E-state index in [2.05, 4.69) is 174 Å². The van der Waals surface area contributed by atoms with E-state index in [1.807, 2.05) is 36.4 Å². The van der Waals surface area contributed by atoms with Crippen molar-refractivity contribution in [2.45, 2.75) is 5.41 Å². The second kappa shape index (κ2) is 12.5. The van der Waals surface area contributed by atoms with Crippen molar-refractivity contribution < 1.29 is 0 Å². The Hall–Kier alpha value is -7.95. The molecule has 1 spiro atoms. The molecule has 2 aromatic heterocycles. The lowest BCUT2D eigenvalue weighted by Gasteiger charge is -2.30. The summed E-state index contributed by atoms with van der Waals surface area (Å²) in [6.45, 7) is 0. The Labute approximate surface area is 346 Å². The average molecular weight is 763 g/mol. The highest BCUT2D eigenvalue weighted by Gasteiger charge is 2.52. The van der Waals surface area contributed by atoms with Crippen LogP contribution in [0.1, 0.15) is 22.3 Å². The van der Waals surface area contributed by atoms with Crippen LogP contribution >= 0.6 is 0 Å². The maximum atomic E-state index is 5.37. The molecule has 9 aromatic carbocycles. The van der Waals surface area contributed by atoms with E-state index >= 15 is 0 Å². The van der Waals surface area contributed by atoms with Crippen molar-refractivity contribution in [3.63, 3.8) is 0 Å². The lowest BCUT2D eigenvalue weighted by atomic mass is 9.70. The van der Waals surface area contributed by atoms with E-state index in [0.717, 1.165) is 38.5 Å². The van der Waals surface area contributed by atoms with E-state index in [-0.39, 0.29) is 0 Å². The van der Waals surface area contributed by atoms with Crippen LogP contribution in [0.2, 0.25) is 0 Å². The zero-order valence-corrected chi connectivity index (χ0v) is 32.4. The smallest absolute Gasteiger partial charge is 0.238 e. The second-order valence-electron chi connectivity index (χ2n) is 15.9. The van der Waals surface area contributed by atoms with Gasteiger partial charge in [-0.1, -0.05) is 188 Å². The quantitative estimate of drug-likeness (QED) is 0.179. The van der Waals surface area contributed by atoms with Gasteiger partial charge in [0.2, 0.25) is 5.95 Å². The highest BCUT2D eigenvalue weighted by Crippen LogP contribution is 2.64. The predicted molar refractivity (Wildman–Crippen MR) is 244 cm³/mol. The van der Waals surface area contributed by atoms with Gasteiger partial charge in [0.05, 0.1) is 16.4 Å². The van der Waals surface area contributed by atoms with Crippen molar-refractivity contribution in [1.82, 2.24) is 19.5 Å². The fraction of sp³-hybridized carbons (Fsp3) is 0.0179. The van der Waals surface area contributed by atoms with Gasteiger partial charge in [-0.3, -0.25) is 4.57 Å². The fourth-order valence-electron chi connectivity index (χ4n) is 10.3. The summed E-state index contributed by atoms with van der Waals surface area (Å²) in [4.78, 5) is 15.8. The Morgan fingerprint density at radius 3 is 1.55 bits per heavy atom. The van der Waals surface area contributed by atoms with Crippen LogP contribution in [0.4, 0.5) is 0 Å². The van der Waals surface area contributed by atoms with Crippen molar-refractivity contribution >= 4 is 32.6 Å². The Kier molecular flexibility index (Phi) is 6.90. The molecule has 0 bridgehead atoms. The molecule has 0 saturated heterocycles. The molecular weight excluding hydrogens is 729 g/mol. The third-order valence-corrected chi connectivity index (χ3v) is 12.9. The minimum Gasteiger partial charge on any atom is -0.277 e. The molecule has 60 heavy (non-hydrogen) atoms. The molecule has 4 heteroatoms. The summed E-state index contributed by atoms with van der Waals surface area (Å²) in [5.41, 5.74) is 16.1. The van der Waals surface area contributed by atoms with Crippen LogP contribution < -0.4 is 0 Å². The van der Waals surface area contributed by atoms with E-state index in [0.29, 0.717) is 17.6 Å². The molecule has 2 aliphatic rings. The lowest BCUT2D eigenvalue weighted by molar-refractivity contribution is 0.794. The van der Waals surface area contributed by atoms with Crippen molar-refractivity contribution in [3.8, 4) is 62.1 Å². The molecule has 2 aliphatic carbocycles. The number of fused-ring (bicyclic) bond motifs is 15. The Bertz CT molecular complexity index is 3440. The van der Waals surface area contributed by atoms with Gasteiger partial charge in [-0.15, -0.1) is 0 Å². The van der Waals surface area contributed by atoms with E-state index < -0.39 is 5.41 Å². The van der Waals surface area contributed by atoms with Gasteiger partial charge in [0.25, 0.3) is 0 Å². The summed E-state index contributed by atoms with van der Waals surface area (Å²) in [7, 11) is 0. The van der Waals surface area contributed by atoms with Gasteiger partial charge in [-0.2, -0.15) is 9.97 Å². The van der Waals surface area contributed by atoms with E-state index in [1.54, 1.807) is 0 Å². The van der Waals surface area contributed by atoms with Gasteiger partial charge in [0.1, 0.15) is 0 Å². The van der Waals surface area contributed by atoms with Gasteiger partial charge in [0.15, 0.2) is 11.6 Å². The number of nitrogens with zero attached hydrogens (tertiary/aromatic N) is 4. The monoisotopic (exact) mass is 762 g/mol. The van der Waals surface area contributed by atoms with Crippen LogP contribution in [0.25, 0.3) is 94.7 Å². The minimum atomic E-state index is -0.492. The molecular formula is C56H34N4. The summed E-state index contributed by atoms with van der Waals surface area (Å²) >= 11 is 0. The SMILES string of the molecule is c1ccc(-c2nc(-c3ccccc3)nc(-n3c4ccc(-c5ccc6ccccc6c5)cc4c4ccc5c(c43)-c3ccccc3C53c4ccccc4-c4ccccc43)n2)cc1. The molecule has 0 saturated carbocycles. The van der Waals surface area contributed by atoms with Crippen LogP contribution in [0.3, 0.4) is 0 Å². The molecule has 0 fully saturated rings. The topological polar surface area (TPSA) is 43.6 Å².